The van der Waals surface area contributed by atoms with Gasteiger partial charge in [-0.2, -0.15) is 0 Å². The number of anilines is 3. The number of ether oxygens (including phenoxy) is 1. The number of hydrogen-bond donors (Lipinski definition) is 2. The summed E-state index contributed by atoms with van der Waals surface area (Å²) >= 11 is 0. The van der Waals surface area contributed by atoms with E-state index in [4.69, 9.17) is 4.74 Å². The van der Waals surface area contributed by atoms with Gasteiger partial charge in [0.15, 0.2) is 5.75 Å². The van der Waals surface area contributed by atoms with E-state index in [2.05, 4.69) is 15.2 Å². The lowest BCUT2D eigenvalue weighted by Gasteiger charge is -2.35. The zero-order valence-corrected chi connectivity index (χ0v) is 16.7. The van der Waals surface area contributed by atoms with Gasteiger partial charge in [0.05, 0.1) is 11.9 Å². The largest absolute Gasteiger partial charge is 0.454 e. The second kappa shape index (κ2) is 8.34. The van der Waals surface area contributed by atoms with Crippen molar-refractivity contribution in [2.24, 2.45) is 0 Å². The van der Waals surface area contributed by atoms with E-state index in [0.717, 1.165) is 22.9 Å². The number of rotatable bonds is 5. The van der Waals surface area contributed by atoms with Crippen LogP contribution in [0.4, 0.5) is 17.1 Å². The topological polar surface area (TPSA) is 57.6 Å². The Morgan fingerprint density at radius 3 is 2.16 bits per heavy atom. The number of nitrogens with zero attached hydrogens (tertiary/aromatic N) is 2. The molecule has 31 heavy (non-hydrogen) atoms. The Bertz CT molecular complexity index is 1200. The Morgan fingerprint density at radius 2 is 1.45 bits per heavy atom. The lowest BCUT2D eigenvalue weighted by Crippen LogP contribution is -2.28. The quantitative estimate of drug-likeness (QED) is 0.424. The van der Waals surface area contributed by atoms with Crippen molar-refractivity contribution in [3.8, 4) is 11.5 Å². The van der Waals surface area contributed by atoms with Crippen molar-refractivity contribution in [2.75, 3.05) is 10.2 Å². The summed E-state index contributed by atoms with van der Waals surface area (Å²) in [5.41, 5.74) is 3.29. The zero-order valence-electron chi connectivity index (χ0n) is 16.7. The van der Waals surface area contributed by atoms with Crippen LogP contribution in [0.1, 0.15) is 11.7 Å². The van der Waals surface area contributed by atoms with Gasteiger partial charge in [-0.1, -0.05) is 54.6 Å². The van der Waals surface area contributed by atoms with E-state index < -0.39 is 6.10 Å². The van der Waals surface area contributed by atoms with E-state index in [1.807, 2.05) is 91.0 Å². The highest BCUT2D eigenvalue weighted by molar-refractivity contribution is 5.80. The van der Waals surface area contributed by atoms with Gasteiger partial charge in [-0.15, -0.1) is 0 Å². The van der Waals surface area contributed by atoms with Crippen LogP contribution in [0.2, 0.25) is 0 Å². The number of fused-ring (bicyclic) bond motifs is 1. The molecule has 0 spiro atoms. The first-order chi connectivity index (χ1) is 15.3. The number of para-hydroxylation sites is 3. The molecule has 0 radical (unpaired) electrons. The summed E-state index contributed by atoms with van der Waals surface area (Å²) in [6, 6.07) is 29.4. The van der Waals surface area contributed by atoms with Gasteiger partial charge in [-0.05, 0) is 42.5 Å². The highest BCUT2D eigenvalue weighted by atomic mass is 16.5. The van der Waals surface area contributed by atoms with Crippen LogP contribution in [0.25, 0.3) is 0 Å². The summed E-state index contributed by atoms with van der Waals surface area (Å²) in [5, 5.41) is 14.4. The van der Waals surface area contributed by atoms with E-state index in [1.54, 1.807) is 18.5 Å². The normalized spacial score (nSPS) is 15.1. The molecule has 0 amide bonds. The van der Waals surface area contributed by atoms with Crippen LogP contribution in [-0.2, 0) is 0 Å². The van der Waals surface area contributed by atoms with Gasteiger partial charge < -0.3 is 15.2 Å². The van der Waals surface area contributed by atoms with E-state index in [0.29, 0.717) is 17.1 Å². The SMILES string of the molecule is OC1C=C(Nc2ccccc2)N(c2ccccc2)c2c(Oc3ccccc3)cncc21. The Kier molecular flexibility index (Phi) is 5.09. The van der Waals surface area contributed by atoms with Crippen molar-refractivity contribution in [1.82, 2.24) is 4.98 Å². The van der Waals surface area contributed by atoms with Gasteiger partial charge in [0, 0.05) is 23.1 Å². The van der Waals surface area contributed by atoms with Gasteiger partial charge >= 0.3 is 0 Å². The Morgan fingerprint density at radius 1 is 0.806 bits per heavy atom. The third-order valence-corrected chi connectivity index (χ3v) is 5.04. The molecule has 0 bridgehead atoms. The standard InChI is InChI=1S/C26H21N3O2/c30-23-16-25(28-19-10-4-1-5-11-19)29(20-12-6-2-7-13-20)26-22(23)17-27-18-24(26)31-21-14-8-3-9-15-21/h1-18,23,28,30H. The van der Waals surface area contributed by atoms with Gasteiger partial charge in [-0.3, -0.25) is 9.88 Å². The maximum absolute atomic E-state index is 10.9. The maximum atomic E-state index is 10.9. The summed E-state index contributed by atoms with van der Waals surface area (Å²) in [6.45, 7) is 0. The van der Waals surface area contributed by atoms with Gasteiger partial charge in [0.1, 0.15) is 17.7 Å². The molecule has 4 aromatic rings. The van der Waals surface area contributed by atoms with Crippen molar-refractivity contribution in [1.29, 1.82) is 0 Å². The minimum Gasteiger partial charge on any atom is -0.454 e. The van der Waals surface area contributed by atoms with Crippen LogP contribution >= 0.6 is 0 Å². The lowest BCUT2D eigenvalue weighted by atomic mass is 10.0. The molecule has 0 saturated heterocycles. The number of nitrogens with one attached hydrogen (secondary N) is 1. The summed E-state index contributed by atoms with van der Waals surface area (Å²) in [4.78, 5) is 6.37. The van der Waals surface area contributed by atoms with Crippen molar-refractivity contribution >= 4 is 17.1 Å². The molecule has 1 aromatic heterocycles. The van der Waals surface area contributed by atoms with Crippen LogP contribution < -0.4 is 15.0 Å². The fraction of sp³-hybridized carbons (Fsp3) is 0.0385. The van der Waals surface area contributed by atoms with E-state index in [-0.39, 0.29) is 0 Å². The molecule has 5 nitrogen and oxygen atoms in total. The summed E-state index contributed by atoms with van der Waals surface area (Å²) in [7, 11) is 0. The summed E-state index contributed by atoms with van der Waals surface area (Å²) in [5.74, 6) is 2.00. The summed E-state index contributed by atoms with van der Waals surface area (Å²) < 4.78 is 6.21. The third kappa shape index (κ3) is 3.86. The smallest absolute Gasteiger partial charge is 0.170 e. The third-order valence-electron chi connectivity index (χ3n) is 5.04. The van der Waals surface area contributed by atoms with Crippen LogP contribution in [0.15, 0.2) is 115 Å². The fourth-order valence-corrected chi connectivity index (χ4v) is 3.64. The van der Waals surface area contributed by atoms with Crippen molar-refractivity contribution in [3.63, 3.8) is 0 Å². The molecule has 5 heteroatoms. The Labute approximate surface area is 180 Å². The molecule has 2 heterocycles. The lowest BCUT2D eigenvalue weighted by molar-refractivity contribution is 0.225. The molecule has 1 atom stereocenters. The first-order valence-corrected chi connectivity index (χ1v) is 10.1. The monoisotopic (exact) mass is 407 g/mol. The molecule has 0 aliphatic carbocycles. The second-order valence-electron chi connectivity index (χ2n) is 7.15. The second-order valence-corrected chi connectivity index (χ2v) is 7.15. The van der Waals surface area contributed by atoms with E-state index >= 15 is 0 Å². The summed E-state index contributed by atoms with van der Waals surface area (Å²) in [6.07, 6.45) is 4.33. The minimum absolute atomic E-state index is 0.562. The minimum atomic E-state index is -0.826. The van der Waals surface area contributed by atoms with Gasteiger partial charge in [0.2, 0.25) is 0 Å². The number of aromatic nitrogens is 1. The van der Waals surface area contributed by atoms with Crippen LogP contribution in [0.3, 0.4) is 0 Å². The molecule has 1 aliphatic rings. The molecule has 0 saturated carbocycles. The van der Waals surface area contributed by atoms with Crippen LogP contribution in [0, 0.1) is 0 Å². The highest BCUT2D eigenvalue weighted by Crippen LogP contribution is 2.46. The van der Waals surface area contributed by atoms with Crippen molar-refractivity contribution in [2.45, 2.75) is 6.10 Å². The number of aliphatic hydroxyl groups is 1. The molecular weight excluding hydrogens is 386 g/mol. The average Bonchev–Trinajstić information content (AvgIpc) is 2.82. The highest BCUT2D eigenvalue weighted by Gasteiger charge is 2.30. The fourth-order valence-electron chi connectivity index (χ4n) is 3.64. The van der Waals surface area contributed by atoms with Crippen LogP contribution in [-0.4, -0.2) is 10.1 Å². The average molecular weight is 407 g/mol. The molecular formula is C26H21N3O2. The molecule has 3 aromatic carbocycles. The van der Waals surface area contributed by atoms with E-state index in [9.17, 15) is 5.11 Å². The Hall–Kier alpha value is -4.09. The van der Waals surface area contributed by atoms with Crippen LogP contribution in [0.5, 0.6) is 11.5 Å². The molecule has 1 unspecified atom stereocenters. The molecule has 152 valence electrons. The molecule has 1 aliphatic heterocycles. The predicted molar refractivity (Wildman–Crippen MR) is 122 cm³/mol. The van der Waals surface area contributed by atoms with Gasteiger partial charge in [-0.25, -0.2) is 0 Å². The molecule has 2 N–H and O–H groups in total. The van der Waals surface area contributed by atoms with Crippen molar-refractivity contribution in [3.05, 3.63) is 121 Å². The number of pyridine rings is 1. The maximum Gasteiger partial charge on any atom is 0.170 e. The first-order valence-electron chi connectivity index (χ1n) is 10.1. The van der Waals surface area contributed by atoms with E-state index in [1.165, 1.54) is 0 Å². The number of benzene rings is 3. The Balaban J connectivity index is 1.64. The first kappa shape index (κ1) is 18.9. The number of aliphatic hydroxyl groups excluding tert-OH is 1. The zero-order chi connectivity index (χ0) is 21.0. The van der Waals surface area contributed by atoms with Crippen molar-refractivity contribution < 1.29 is 9.84 Å². The molecule has 0 fully saturated rings. The molecule has 5 rings (SSSR count). The number of hydrogen-bond acceptors (Lipinski definition) is 5. The van der Waals surface area contributed by atoms with Gasteiger partial charge in [0.25, 0.3) is 0 Å². The predicted octanol–water partition coefficient (Wildman–Crippen LogP) is 6.01.